The number of hydrogen-bond donors (Lipinski definition) is 1. The Morgan fingerprint density at radius 1 is 1.40 bits per heavy atom. The quantitative estimate of drug-likeness (QED) is 0.720. The highest BCUT2D eigenvalue weighted by Crippen LogP contribution is 2.11. The molecule has 0 aromatic rings. The summed E-state index contributed by atoms with van der Waals surface area (Å²) in [6, 6.07) is 0. The van der Waals surface area contributed by atoms with Gasteiger partial charge < -0.3 is 5.32 Å². The molecule has 0 saturated heterocycles. The summed E-state index contributed by atoms with van der Waals surface area (Å²) in [5, 5.41) is 3.52. The van der Waals surface area contributed by atoms with E-state index in [0.29, 0.717) is 11.5 Å². The van der Waals surface area contributed by atoms with Gasteiger partial charge in [0.25, 0.3) is 0 Å². The van der Waals surface area contributed by atoms with Crippen molar-refractivity contribution < 1.29 is 4.79 Å². The van der Waals surface area contributed by atoms with Gasteiger partial charge in [-0.3, -0.25) is 4.79 Å². The van der Waals surface area contributed by atoms with Crippen LogP contribution in [-0.2, 0) is 4.79 Å². The summed E-state index contributed by atoms with van der Waals surface area (Å²) in [6.45, 7) is 8.01. The van der Waals surface area contributed by atoms with Gasteiger partial charge in [-0.1, -0.05) is 37.4 Å². The molecule has 0 unspecified atom stereocenters. The van der Waals surface area contributed by atoms with Gasteiger partial charge >= 0.3 is 0 Å². The summed E-state index contributed by atoms with van der Waals surface area (Å²) >= 11 is 5.94. The molecule has 1 N–H and O–H groups in total. The van der Waals surface area contributed by atoms with E-state index in [1.165, 1.54) is 0 Å². The van der Waals surface area contributed by atoms with Crippen LogP contribution in [0.4, 0.5) is 0 Å². The summed E-state index contributed by atoms with van der Waals surface area (Å²) in [6.07, 6.45) is 5.46. The van der Waals surface area contributed by atoms with E-state index < -0.39 is 0 Å². The van der Waals surface area contributed by atoms with Crippen molar-refractivity contribution in [2.45, 2.75) is 58.9 Å². The first kappa shape index (κ1) is 14.5. The topological polar surface area (TPSA) is 29.1 Å². The number of unbranched alkanes of at least 4 members (excludes halogenated alkanes) is 2. The number of carbonyl (C=O) groups is 1. The van der Waals surface area contributed by atoms with Crippen LogP contribution in [0, 0.1) is 0 Å². The van der Waals surface area contributed by atoms with E-state index in [2.05, 4.69) is 12.2 Å². The van der Waals surface area contributed by atoms with E-state index in [0.717, 1.165) is 19.3 Å². The summed E-state index contributed by atoms with van der Waals surface area (Å²) in [5.41, 5.74) is -0.183. The number of amides is 1. The highest BCUT2D eigenvalue weighted by molar-refractivity contribution is 6.30. The van der Waals surface area contributed by atoms with E-state index in [9.17, 15) is 4.79 Å². The van der Waals surface area contributed by atoms with Crippen LogP contribution in [0.5, 0.6) is 0 Å². The van der Waals surface area contributed by atoms with Gasteiger partial charge in [-0.05, 0) is 27.2 Å². The van der Waals surface area contributed by atoms with Gasteiger partial charge in [0, 0.05) is 10.6 Å². The maximum Gasteiger partial charge on any atom is 0.225 e. The monoisotopic (exact) mass is 231 g/mol. The summed E-state index contributed by atoms with van der Waals surface area (Å²) in [7, 11) is 0. The Morgan fingerprint density at radius 3 is 2.47 bits per heavy atom. The van der Waals surface area contributed by atoms with Crippen molar-refractivity contribution in [1.82, 2.24) is 5.32 Å². The lowest BCUT2D eigenvalue weighted by Gasteiger charge is -2.20. The van der Waals surface area contributed by atoms with Gasteiger partial charge in [-0.15, -0.1) is 0 Å². The Labute approximate surface area is 98.1 Å². The van der Waals surface area contributed by atoms with Crippen molar-refractivity contribution in [3.8, 4) is 0 Å². The minimum absolute atomic E-state index is 0.0137. The first-order valence-electron chi connectivity index (χ1n) is 5.50. The van der Waals surface area contributed by atoms with Gasteiger partial charge in [-0.2, -0.15) is 0 Å². The number of halogens is 1. The minimum Gasteiger partial charge on any atom is -0.351 e. The third kappa shape index (κ3) is 9.80. The molecule has 3 heteroatoms. The highest BCUT2D eigenvalue weighted by Gasteiger charge is 2.13. The maximum atomic E-state index is 11.5. The average Bonchev–Trinajstić information content (AvgIpc) is 2.00. The molecule has 0 radical (unpaired) electrons. The first-order chi connectivity index (χ1) is 6.85. The second kappa shape index (κ2) is 6.89. The molecule has 88 valence electrons. The van der Waals surface area contributed by atoms with Crippen LogP contribution in [0.2, 0.25) is 0 Å². The number of nitrogens with one attached hydrogen (secondary N) is 1. The predicted molar refractivity (Wildman–Crippen MR) is 66.0 cm³/mol. The average molecular weight is 232 g/mol. The zero-order valence-electron chi connectivity index (χ0n) is 10.2. The van der Waals surface area contributed by atoms with Crippen LogP contribution in [0.25, 0.3) is 0 Å². The Hall–Kier alpha value is -0.500. The molecule has 0 saturated carbocycles. The van der Waals surface area contributed by atoms with Gasteiger partial charge in [-0.25, -0.2) is 0 Å². The molecule has 0 aliphatic rings. The lowest BCUT2D eigenvalue weighted by atomic mass is 10.1. The zero-order valence-corrected chi connectivity index (χ0v) is 10.9. The lowest BCUT2D eigenvalue weighted by Crippen LogP contribution is -2.40. The SMILES string of the molecule is CCCC/C=C(\Cl)CC(=O)NC(C)(C)C. The molecule has 0 atom stereocenters. The molecule has 15 heavy (non-hydrogen) atoms. The predicted octanol–water partition coefficient (Wildman–Crippen LogP) is 3.60. The second-order valence-electron chi connectivity index (χ2n) is 4.77. The maximum absolute atomic E-state index is 11.5. The zero-order chi connectivity index (χ0) is 11.9. The molecule has 0 heterocycles. The highest BCUT2D eigenvalue weighted by atomic mass is 35.5. The fourth-order valence-corrected chi connectivity index (χ4v) is 1.38. The number of allylic oxidation sites excluding steroid dienone is 1. The van der Waals surface area contributed by atoms with Crippen LogP contribution in [0.15, 0.2) is 11.1 Å². The molecular weight excluding hydrogens is 210 g/mol. The van der Waals surface area contributed by atoms with Gasteiger partial charge in [0.15, 0.2) is 0 Å². The van der Waals surface area contributed by atoms with Crippen LogP contribution >= 0.6 is 11.6 Å². The summed E-state index contributed by atoms with van der Waals surface area (Å²) < 4.78 is 0. The molecule has 2 nitrogen and oxygen atoms in total. The minimum atomic E-state index is -0.183. The van der Waals surface area contributed by atoms with Crippen LogP contribution in [0.1, 0.15) is 53.4 Å². The molecule has 0 bridgehead atoms. The second-order valence-corrected chi connectivity index (χ2v) is 5.25. The molecule has 0 aliphatic carbocycles. The van der Waals surface area contributed by atoms with Gasteiger partial charge in [0.05, 0.1) is 6.42 Å². The molecule has 0 fully saturated rings. The van der Waals surface area contributed by atoms with E-state index in [1.54, 1.807) is 0 Å². The van der Waals surface area contributed by atoms with Gasteiger partial charge in [0.1, 0.15) is 0 Å². The largest absolute Gasteiger partial charge is 0.351 e. The van der Waals surface area contributed by atoms with E-state index in [-0.39, 0.29) is 11.4 Å². The van der Waals surface area contributed by atoms with Crippen molar-refractivity contribution in [3.63, 3.8) is 0 Å². The molecule has 1 amide bonds. The molecular formula is C12H22ClNO. The molecule has 0 aliphatic heterocycles. The standard InChI is InChI=1S/C12H22ClNO/c1-5-6-7-8-10(13)9-11(15)14-12(2,3)4/h8H,5-7,9H2,1-4H3,(H,14,15)/b10-8-. The van der Waals surface area contributed by atoms with Gasteiger partial charge in [0.2, 0.25) is 5.91 Å². The number of hydrogen-bond acceptors (Lipinski definition) is 1. The summed E-state index contributed by atoms with van der Waals surface area (Å²) in [4.78, 5) is 11.5. The van der Waals surface area contributed by atoms with Crippen molar-refractivity contribution in [1.29, 1.82) is 0 Å². The summed E-state index contributed by atoms with van der Waals surface area (Å²) in [5.74, 6) is -0.0137. The van der Waals surface area contributed by atoms with E-state index >= 15 is 0 Å². The normalized spacial score (nSPS) is 12.7. The van der Waals surface area contributed by atoms with E-state index in [1.807, 2.05) is 26.8 Å². The van der Waals surface area contributed by atoms with Crippen molar-refractivity contribution in [3.05, 3.63) is 11.1 Å². The third-order valence-electron chi connectivity index (χ3n) is 1.77. The lowest BCUT2D eigenvalue weighted by molar-refractivity contribution is -0.121. The van der Waals surface area contributed by atoms with Crippen LogP contribution in [0.3, 0.4) is 0 Å². The Morgan fingerprint density at radius 2 is 2.00 bits per heavy atom. The first-order valence-corrected chi connectivity index (χ1v) is 5.88. The van der Waals surface area contributed by atoms with Crippen molar-refractivity contribution >= 4 is 17.5 Å². The molecule has 0 aromatic heterocycles. The Kier molecular flexibility index (Phi) is 6.66. The van der Waals surface area contributed by atoms with Crippen molar-refractivity contribution in [2.75, 3.05) is 0 Å². The van der Waals surface area contributed by atoms with Crippen molar-refractivity contribution in [2.24, 2.45) is 0 Å². The Bertz CT molecular complexity index is 228. The smallest absolute Gasteiger partial charge is 0.225 e. The molecule has 0 aromatic carbocycles. The number of carbonyl (C=O) groups excluding carboxylic acids is 1. The Balaban J connectivity index is 3.91. The van der Waals surface area contributed by atoms with Crippen LogP contribution < -0.4 is 5.32 Å². The van der Waals surface area contributed by atoms with Crippen LogP contribution in [-0.4, -0.2) is 11.4 Å². The fraction of sp³-hybridized carbons (Fsp3) is 0.750. The molecule has 0 rings (SSSR count). The third-order valence-corrected chi connectivity index (χ3v) is 2.06. The van der Waals surface area contributed by atoms with E-state index in [4.69, 9.17) is 11.6 Å². The molecule has 0 spiro atoms. The fourth-order valence-electron chi connectivity index (χ4n) is 1.15. The number of rotatable bonds is 5.